The molecule has 148 valence electrons. The van der Waals surface area contributed by atoms with Crippen LogP contribution in [0.2, 0.25) is 10.0 Å². The van der Waals surface area contributed by atoms with Crippen molar-refractivity contribution >= 4 is 46.0 Å². The number of carbonyl (C=O) groups is 1. The van der Waals surface area contributed by atoms with Gasteiger partial charge in [-0.2, -0.15) is 0 Å². The molecule has 0 spiro atoms. The molecule has 0 fully saturated rings. The lowest BCUT2D eigenvalue weighted by molar-refractivity contribution is 0.104. The SMILES string of the molecule is O=C(C=Cc1ccc(F)cc1Cl)c1c(-c2ccccc2)c2cc(Cl)ccc2[nH]c1=O. The largest absolute Gasteiger partial charge is 0.321 e. The number of hydrogen-bond acceptors (Lipinski definition) is 2. The molecule has 0 amide bonds. The Kier molecular flexibility index (Phi) is 5.53. The Morgan fingerprint density at radius 1 is 0.967 bits per heavy atom. The van der Waals surface area contributed by atoms with Gasteiger partial charge in [-0.25, -0.2) is 4.39 Å². The number of ketones is 1. The fraction of sp³-hybridized carbons (Fsp3) is 0. The summed E-state index contributed by atoms with van der Waals surface area (Å²) >= 11 is 12.2. The number of aromatic amines is 1. The Hall–Kier alpha value is -3.21. The normalized spacial score (nSPS) is 11.3. The van der Waals surface area contributed by atoms with Gasteiger partial charge in [0.15, 0.2) is 5.78 Å². The van der Waals surface area contributed by atoms with Gasteiger partial charge in [0.25, 0.3) is 5.56 Å². The minimum Gasteiger partial charge on any atom is -0.321 e. The lowest BCUT2D eigenvalue weighted by Crippen LogP contribution is -2.18. The molecule has 0 aliphatic carbocycles. The summed E-state index contributed by atoms with van der Waals surface area (Å²) in [6, 6.07) is 18.1. The van der Waals surface area contributed by atoms with E-state index in [1.54, 1.807) is 18.2 Å². The Labute approximate surface area is 181 Å². The van der Waals surface area contributed by atoms with Crippen molar-refractivity contribution in [3.05, 3.63) is 110 Å². The van der Waals surface area contributed by atoms with Crippen molar-refractivity contribution in [3.8, 4) is 11.1 Å². The van der Waals surface area contributed by atoms with Gasteiger partial charge in [-0.1, -0.05) is 59.6 Å². The van der Waals surface area contributed by atoms with Crippen LogP contribution in [0.25, 0.3) is 28.1 Å². The molecule has 3 aromatic carbocycles. The zero-order chi connectivity index (χ0) is 21.3. The number of allylic oxidation sites excluding steroid dienone is 1. The average molecular weight is 438 g/mol. The van der Waals surface area contributed by atoms with Crippen LogP contribution in [0.4, 0.5) is 4.39 Å². The first-order valence-electron chi connectivity index (χ1n) is 9.02. The zero-order valence-electron chi connectivity index (χ0n) is 15.5. The van der Waals surface area contributed by atoms with E-state index in [9.17, 15) is 14.0 Å². The predicted octanol–water partition coefficient (Wildman–Crippen LogP) is 6.54. The molecule has 6 heteroatoms. The quantitative estimate of drug-likeness (QED) is 0.291. The second-order valence-corrected chi connectivity index (χ2v) is 7.47. The third kappa shape index (κ3) is 3.92. The summed E-state index contributed by atoms with van der Waals surface area (Å²) in [5, 5.41) is 1.31. The molecule has 0 atom stereocenters. The Balaban J connectivity index is 1.91. The van der Waals surface area contributed by atoms with Crippen molar-refractivity contribution in [3.63, 3.8) is 0 Å². The first kappa shape index (κ1) is 20.1. The second-order valence-electron chi connectivity index (χ2n) is 6.62. The van der Waals surface area contributed by atoms with Crippen LogP contribution < -0.4 is 5.56 Å². The van der Waals surface area contributed by atoms with Crippen molar-refractivity contribution in [2.75, 3.05) is 0 Å². The molecule has 0 unspecified atom stereocenters. The van der Waals surface area contributed by atoms with Crippen LogP contribution in [0, 0.1) is 5.82 Å². The van der Waals surface area contributed by atoms with Crippen molar-refractivity contribution in [2.45, 2.75) is 0 Å². The maximum absolute atomic E-state index is 13.3. The highest BCUT2D eigenvalue weighted by Gasteiger charge is 2.19. The van der Waals surface area contributed by atoms with Gasteiger partial charge in [-0.15, -0.1) is 0 Å². The predicted molar refractivity (Wildman–Crippen MR) is 120 cm³/mol. The molecule has 0 saturated carbocycles. The van der Waals surface area contributed by atoms with Crippen molar-refractivity contribution in [2.24, 2.45) is 0 Å². The molecule has 1 heterocycles. The summed E-state index contributed by atoms with van der Waals surface area (Å²) in [4.78, 5) is 28.7. The number of aromatic nitrogens is 1. The molecule has 0 aliphatic heterocycles. The molecule has 0 aliphatic rings. The fourth-order valence-electron chi connectivity index (χ4n) is 3.29. The maximum Gasteiger partial charge on any atom is 0.260 e. The van der Waals surface area contributed by atoms with E-state index in [1.165, 1.54) is 24.3 Å². The number of carbonyl (C=O) groups excluding carboxylic acids is 1. The highest BCUT2D eigenvalue weighted by Crippen LogP contribution is 2.31. The number of hydrogen-bond donors (Lipinski definition) is 1. The molecule has 0 bridgehead atoms. The Morgan fingerprint density at radius 2 is 1.73 bits per heavy atom. The number of H-pyrrole nitrogens is 1. The van der Waals surface area contributed by atoms with Gasteiger partial charge in [0.2, 0.25) is 0 Å². The van der Waals surface area contributed by atoms with E-state index < -0.39 is 17.2 Å². The minimum atomic E-state index is -0.511. The summed E-state index contributed by atoms with van der Waals surface area (Å²) in [6.07, 6.45) is 2.72. The van der Waals surface area contributed by atoms with Crippen LogP contribution in [0.3, 0.4) is 0 Å². The maximum atomic E-state index is 13.3. The van der Waals surface area contributed by atoms with Gasteiger partial charge in [0, 0.05) is 21.5 Å². The van der Waals surface area contributed by atoms with E-state index in [0.717, 1.165) is 6.07 Å². The third-order valence-electron chi connectivity index (χ3n) is 4.66. The fourth-order valence-corrected chi connectivity index (χ4v) is 3.69. The number of benzene rings is 3. The average Bonchev–Trinajstić information content (AvgIpc) is 2.73. The number of halogens is 3. The van der Waals surface area contributed by atoms with Crippen molar-refractivity contribution < 1.29 is 9.18 Å². The standard InChI is InChI=1S/C24H14Cl2FNO2/c25-16-8-10-20-18(12-16)22(15-4-2-1-3-5-15)23(24(30)28-20)21(29)11-7-14-6-9-17(27)13-19(14)26/h1-13H,(H,28,30). The van der Waals surface area contributed by atoms with Crippen LogP contribution in [-0.2, 0) is 0 Å². The smallest absolute Gasteiger partial charge is 0.260 e. The van der Waals surface area contributed by atoms with Crippen molar-refractivity contribution in [1.82, 2.24) is 4.98 Å². The Morgan fingerprint density at radius 3 is 2.47 bits per heavy atom. The monoisotopic (exact) mass is 437 g/mol. The van der Waals surface area contributed by atoms with Gasteiger partial charge < -0.3 is 4.98 Å². The van der Waals surface area contributed by atoms with Gasteiger partial charge in [-0.05, 0) is 53.6 Å². The number of nitrogens with one attached hydrogen (secondary N) is 1. The summed E-state index contributed by atoms with van der Waals surface area (Å²) in [5.74, 6) is -0.977. The molecular weight excluding hydrogens is 424 g/mol. The highest BCUT2D eigenvalue weighted by atomic mass is 35.5. The highest BCUT2D eigenvalue weighted by molar-refractivity contribution is 6.32. The van der Waals surface area contributed by atoms with E-state index >= 15 is 0 Å². The van der Waals surface area contributed by atoms with Gasteiger partial charge in [-0.3, -0.25) is 9.59 Å². The molecular formula is C24H14Cl2FNO2. The number of fused-ring (bicyclic) bond motifs is 1. The first-order chi connectivity index (χ1) is 14.4. The second kappa shape index (κ2) is 8.27. The molecule has 0 saturated heterocycles. The van der Waals surface area contributed by atoms with Gasteiger partial charge in [0.1, 0.15) is 5.82 Å². The van der Waals surface area contributed by atoms with Gasteiger partial charge >= 0.3 is 0 Å². The number of rotatable bonds is 4. The summed E-state index contributed by atoms with van der Waals surface area (Å²) < 4.78 is 13.3. The molecule has 3 nitrogen and oxygen atoms in total. The zero-order valence-corrected chi connectivity index (χ0v) is 17.0. The van der Waals surface area contributed by atoms with Crippen LogP contribution in [0.5, 0.6) is 0 Å². The van der Waals surface area contributed by atoms with E-state index in [0.29, 0.717) is 32.6 Å². The van der Waals surface area contributed by atoms with Crippen LogP contribution in [0.1, 0.15) is 15.9 Å². The third-order valence-corrected chi connectivity index (χ3v) is 5.22. The van der Waals surface area contributed by atoms with Gasteiger partial charge in [0.05, 0.1) is 10.6 Å². The number of pyridine rings is 1. The van der Waals surface area contributed by atoms with Crippen LogP contribution >= 0.6 is 23.2 Å². The first-order valence-corrected chi connectivity index (χ1v) is 9.78. The molecule has 4 rings (SSSR count). The summed E-state index contributed by atoms with van der Waals surface area (Å²) in [5.41, 5.74) is 1.73. The molecule has 30 heavy (non-hydrogen) atoms. The molecule has 1 N–H and O–H groups in total. The topological polar surface area (TPSA) is 49.9 Å². The minimum absolute atomic E-state index is 0.00884. The van der Waals surface area contributed by atoms with E-state index in [-0.39, 0.29) is 10.6 Å². The molecule has 4 aromatic rings. The van der Waals surface area contributed by atoms with E-state index in [2.05, 4.69) is 4.98 Å². The van der Waals surface area contributed by atoms with E-state index in [1.807, 2.05) is 30.3 Å². The van der Waals surface area contributed by atoms with E-state index in [4.69, 9.17) is 23.2 Å². The summed E-state index contributed by atoms with van der Waals surface area (Å²) in [7, 11) is 0. The summed E-state index contributed by atoms with van der Waals surface area (Å²) in [6.45, 7) is 0. The Bertz CT molecular complexity index is 1360. The van der Waals surface area contributed by atoms with Crippen LogP contribution in [0.15, 0.2) is 77.6 Å². The lowest BCUT2D eigenvalue weighted by Gasteiger charge is -2.11. The molecule has 0 radical (unpaired) electrons. The molecule has 1 aromatic heterocycles. The van der Waals surface area contributed by atoms with Crippen molar-refractivity contribution in [1.29, 1.82) is 0 Å². The van der Waals surface area contributed by atoms with Crippen LogP contribution in [-0.4, -0.2) is 10.8 Å². The lowest BCUT2D eigenvalue weighted by atomic mass is 9.94.